The number of aryl methyl sites for hydroxylation is 1. The Morgan fingerprint density at radius 3 is 1.50 bits per heavy atom. The van der Waals surface area contributed by atoms with Gasteiger partial charge in [0.1, 0.15) is 30.0 Å². The molecule has 1 aliphatic heterocycles. The van der Waals surface area contributed by atoms with Crippen molar-refractivity contribution in [2.24, 2.45) is 0 Å². The maximum atomic E-state index is 14.0. The average Bonchev–Trinajstić information content (AvgIpc) is 3.80. The number of unbranched alkanes of at least 4 members (excludes halogenated alkanes) is 34. The molecule has 0 spiro atoms. The van der Waals surface area contributed by atoms with Gasteiger partial charge in [-0.15, -0.1) is 0 Å². The summed E-state index contributed by atoms with van der Waals surface area (Å²) in [7, 11) is 0. The Morgan fingerprint density at radius 2 is 1.07 bits per heavy atom. The van der Waals surface area contributed by atoms with Gasteiger partial charge in [0.05, 0.1) is 31.8 Å². The van der Waals surface area contributed by atoms with Crippen LogP contribution in [0.5, 0.6) is 11.5 Å². The number of amides is 1. The average molecular weight is 1040 g/mol. The van der Waals surface area contributed by atoms with Crippen LogP contribution >= 0.6 is 0 Å². The Balaban J connectivity index is 1.47. The second-order valence-corrected chi connectivity index (χ2v) is 21.5. The van der Waals surface area contributed by atoms with Crippen molar-refractivity contribution in [2.45, 2.75) is 297 Å². The lowest BCUT2D eigenvalue weighted by Crippen LogP contribution is -2.30. The van der Waals surface area contributed by atoms with Crippen molar-refractivity contribution < 1.29 is 38.4 Å². The molecular weight excluding hydrogens is 931 g/mol. The molecule has 12 nitrogen and oxygen atoms in total. The first-order chi connectivity index (χ1) is 36.2. The Hall–Kier alpha value is -3.77. The molecule has 3 atom stereocenters. The van der Waals surface area contributed by atoms with Crippen LogP contribution < -0.4 is 20.5 Å². The zero-order valence-corrected chi connectivity index (χ0v) is 47.3. The van der Waals surface area contributed by atoms with Gasteiger partial charge in [0.25, 0.3) is 5.91 Å². The Kier molecular flexibility index (Phi) is 36.9. The van der Waals surface area contributed by atoms with Crippen LogP contribution in [0.25, 0.3) is 0 Å². The number of nitrogens with one attached hydrogen (secondary N) is 1. The van der Waals surface area contributed by atoms with E-state index in [2.05, 4.69) is 24.1 Å². The zero-order valence-electron chi connectivity index (χ0n) is 47.3. The van der Waals surface area contributed by atoms with Crippen molar-refractivity contribution >= 4 is 23.5 Å². The summed E-state index contributed by atoms with van der Waals surface area (Å²) in [6.45, 7) is 8.24. The first-order valence-electron chi connectivity index (χ1n) is 30.4. The van der Waals surface area contributed by atoms with E-state index >= 15 is 0 Å². The predicted octanol–water partition coefficient (Wildman–Crippen LogP) is 16.2. The van der Waals surface area contributed by atoms with Crippen molar-refractivity contribution in [1.82, 2.24) is 9.55 Å². The Bertz CT molecular complexity index is 1830. The van der Waals surface area contributed by atoms with Gasteiger partial charge in [-0.2, -0.15) is 4.98 Å². The summed E-state index contributed by atoms with van der Waals surface area (Å²) in [6.07, 6.45) is 46.2. The minimum atomic E-state index is -0.863. The van der Waals surface area contributed by atoms with Crippen molar-refractivity contribution in [3.05, 3.63) is 46.0 Å². The van der Waals surface area contributed by atoms with Crippen molar-refractivity contribution in [2.75, 3.05) is 25.1 Å². The van der Waals surface area contributed by atoms with Crippen molar-refractivity contribution in [3.8, 4) is 11.5 Å². The minimum Gasteiger partial charge on any atom is -0.490 e. The monoisotopic (exact) mass is 1040 g/mol. The van der Waals surface area contributed by atoms with E-state index in [1.807, 2.05) is 6.07 Å². The molecule has 2 aromatic rings. The van der Waals surface area contributed by atoms with Crippen LogP contribution in [0.2, 0.25) is 0 Å². The van der Waals surface area contributed by atoms with E-state index in [0.717, 1.165) is 32.1 Å². The summed E-state index contributed by atoms with van der Waals surface area (Å²) < 4.78 is 25.5. The first kappa shape index (κ1) is 64.5. The molecule has 1 aromatic heterocycles. The summed E-state index contributed by atoms with van der Waals surface area (Å²) >= 11 is 0. The largest absolute Gasteiger partial charge is 0.490 e. The fourth-order valence-corrected chi connectivity index (χ4v) is 10.1. The third-order valence-electron chi connectivity index (χ3n) is 14.7. The summed E-state index contributed by atoms with van der Waals surface area (Å²) in [5.74, 6) is -0.164. The van der Waals surface area contributed by atoms with Gasteiger partial charge in [0.2, 0.25) is 0 Å². The molecule has 422 valence electrons. The smallest absolute Gasteiger partial charge is 0.351 e. The second-order valence-electron chi connectivity index (χ2n) is 21.5. The number of aliphatic hydroxyl groups is 1. The fraction of sp³-hybridized carbons (Fsp3) is 0.790. The lowest BCUT2D eigenvalue weighted by atomic mass is 10.0. The number of hydrogen-bond donors (Lipinski definition) is 2. The number of anilines is 1. The molecule has 74 heavy (non-hydrogen) atoms. The van der Waals surface area contributed by atoms with E-state index in [-0.39, 0.29) is 30.9 Å². The molecular formula is C62H105N3O9. The van der Waals surface area contributed by atoms with Crippen LogP contribution in [0.3, 0.4) is 0 Å². The first-order valence-corrected chi connectivity index (χ1v) is 30.4. The number of carbonyl (C=O) groups excluding carboxylic acids is 3. The second kappa shape index (κ2) is 42.4. The van der Waals surface area contributed by atoms with Gasteiger partial charge in [0.15, 0.2) is 11.5 Å². The molecule has 1 saturated heterocycles. The van der Waals surface area contributed by atoms with Crippen LogP contribution in [0.1, 0.15) is 293 Å². The van der Waals surface area contributed by atoms with Crippen LogP contribution in [0, 0.1) is 6.92 Å². The highest BCUT2D eigenvalue weighted by molar-refractivity contribution is 6.06. The number of ether oxygens (including phenoxy) is 4. The number of rotatable bonds is 48. The molecule has 1 aliphatic rings. The topological polar surface area (TPSA) is 155 Å². The number of Topliss-reactive ketones (excluding diaryl/α,β-unsaturated/α-hetero) is 1. The van der Waals surface area contributed by atoms with Gasteiger partial charge >= 0.3 is 11.7 Å². The molecule has 0 aliphatic carbocycles. The molecule has 1 amide bonds. The Morgan fingerprint density at radius 1 is 0.635 bits per heavy atom. The maximum Gasteiger partial charge on any atom is 0.351 e. The van der Waals surface area contributed by atoms with E-state index in [4.69, 9.17) is 18.9 Å². The van der Waals surface area contributed by atoms with Crippen LogP contribution in [0.4, 0.5) is 5.82 Å². The van der Waals surface area contributed by atoms with Crippen LogP contribution in [-0.4, -0.2) is 64.3 Å². The van der Waals surface area contributed by atoms with E-state index in [1.54, 1.807) is 25.3 Å². The summed E-state index contributed by atoms with van der Waals surface area (Å²) in [6, 6.07) is 5.36. The summed E-state index contributed by atoms with van der Waals surface area (Å²) in [4.78, 5) is 55.4. The summed E-state index contributed by atoms with van der Waals surface area (Å²) in [5, 5.41) is 12.8. The molecule has 1 fully saturated rings. The molecule has 12 heteroatoms. The molecule has 2 N–H and O–H groups in total. The molecule has 0 bridgehead atoms. The highest BCUT2D eigenvalue weighted by atomic mass is 16.6. The molecule has 0 saturated carbocycles. The number of para-hydroxylation sites is 1. The van der Waals surface area contributed by atoms with Gasteiger partial charge in [-0.25, -0.2) is 4.79 Å². The maximum absolute atomic E-state index is 14.0. The molecule has 0 radical (unpaired) electrons. The molecule has 2 heterocycles. The van der Waals surface area contributed by atoms with Gasteiger partial charge in [-0.05, 0) is 38.8 Å². The van der Waals surface area contributed by atoms with Crippen molar-refractivity contribution in [3.63, 3.8) is 0 Å². The van der Waals surface area contributed by atoms with E-state index in [9.17, 15) is 24.3 Å². The minimum absolute atomic E-state index is 0.0551. The van der Waals surface area contributed by atoms with E-state index in [1.165, 1.54) is 211 Å². The molecule has 0 unspecified atom stereocenters. The normalized spacial score (nSPS) is 15.4. The third kappa shape index (κ3) is 28.9. The van der Waals surface area contributed by atoms with Crippen LogP contribution in [-0.2, 0) is 19.1 Å². The van der Waals surface area contributed by atoms with E-state index in [0.29, 0.717) is 35.8 Å². The lowest BCUT2D eigenvalue weighted by molar-refractivity contribution is -0.153. The lowest BCUT2D eigenvalue weighted by Gasteiger charge is -2.18. The molecule has 3 rings (SSSR count). The number of carbonyl (C=O) groups is 3. The number of benzene rings is 1. The number of ketones is 1. The molecule has 1 aromatic carbocycles. The van der Waals surface area contributed by atoms with Gasteiger partial charge < -0.3 is 34.2 Å². The zero-order chi connectivity index (χ0) is 53.3. The van der Waals surface area contributed by atoms with Crippen LogP contribution in [0.15, 0.2) is 29.2 Å². The van der Waals surface area contributed by atoms with Gasteiger partial charge in [0, 0.05) is 24.6 Å². The highest BCUT2D eigenvalue weighted by Crippen LogP contribution is 2.34. The SMILES string of the molecule is CCCCCCCCCCCCCCCCCCCCOc1cccc(C(=O)Nc2nc(=O)n([C@H]3C[C@H](OC(=O)CCC(C)=O)[C@@H](CO)O3)cc2C)c1OCCCCCCCCCCCCCCCCCCCC. The Labute approximate surface area is 449 Å². The number of hydrogen-bond acceptors (Lipinski definition) is 10. The predicted molar refractivity (Wildman–Crippen MR) is 302 cm³/mol. The number of nitrogens with zero attached hydrogens (tertiary/aromatic N) is 2. The highest BCUT2D eigenvalue weighted by Gasteiger charge is 2.39. The number of esters is 1. The standard InChI is InChI=1S/C62H105N3O9/c1-5-7-9-11-13-15-17-19-21-23-25-27-29-31-33-35-37-39-46-71-54-43-41-42-53(59(54)72-47-40-38-36-34-32-30-28-26-24-22-20-18-16-14-12-10-8-6-2)61(69)63-60-51(3)49-65(62(70)64-60)57-48-55(56(50-66)73-57)74-58(68)45-44-52(4)67/h41-43,49,55-57,66H,5-40,44-48,50H2,1-4H3,(H,63,64,69,70)/t55-,56+,57+/m0/s1. The van der Waals surface area contributed by atoms with E-state index < -0.39 is 42.6 Å². The number of aliphatic hydroxyl groups excluding tert-OH is 1. The quantitative estimate of drug-likeness (QED) is 0.0483. The third-order valence-corrected chi connectivity index (χ3v) is 14.7. The van der Waals surface area contributed by atoms with Gasteiger partial charge in [-0.3, -0.25) is 14.2 Å². The van der Waals surface area contributed by atoms with Crippen molar-refractivity contribution in [1.29, 1.82) is 0 Å². The fourth-order valence-electron chi connectivity index (χ4n) is 10.1. The van der Waals surface area contributed by atoms with Gasteiger partial charge in [-0.1, -0.05) is 238 Å². The number of aromatic nitrogens is 2. The summed E-state index contributed by atoms with van der Waals surface area (Å²) in [5.41, 5.74) is 0.127.